The monoisotopic (exact) mass is 1020 g/mol. The molecule has 0 atom stereocenters. The number of halogens is 6. The summed E-state index contributed by atoms with van der Waals surface area (Å²) in [6, 6.07) is 0. The summed E-state index contributed by atoms with van der Waals surface area (Å²) >= 11 is -0.200. The van der Waals surface area contributed by atoms with Gasteiger partial charge in [0.05, 0.1) is 0 Å². The molecule has 0 aliphatic heterocycles. The second-order valence-electron chi connectivity index (χ2n) is 7.17. The van der Waals surface area contributed by atoms with Gasteiger partial charge >= 0.3 is 142 Å². The van der Waals surface area contributed by atoms with E-state index in [9.17, 15) is 0 Å². The molecule has 0 aromatic heterocycles. The Morgan fingerprint density at radius 1 is 0.441 bits per heavy atom. The van der Waals surface area contributed by atoms with Crippen molar-refractivity contribution in [1.29, 1.82) is 0 Å². The molecule has 2 saturated carbocycles. The van der Waals surface area contributed by atoms with Crippen molar-refractivity contribution in [1.82, 2.24) is 0 Å². The van der Waals surface area contributed by atoms with Crippen LogP contribution in [0.4, 0.5) is 0 Å². The minimum atomic E-state index is -1.92. The third-order valence-electron chi connectivity index (χ3n) is 5.48. The average molecular weight is 1020 g/mol. The molecule has 2 fully saturated rings. The van der Waals surface area contributed by atoms with E-state index in [-0.39, 0.29) is 0 Å². The molecule has 0 N–H and O–H groups in total. The van der Waals surface area contributed by atoms with E-state index in [4.69, 9.17) is 35.3 Å². The van der Waals surface area contributed by atoms with Crippen LogP contribution >= 0.6 is 54.7 Å². The summed E-state index contributed by atoms with van der Waals surface area (Å²) in [5.41, 5.74) is 0. The molecule has 198 valence electrons. The molecule has 2 rings (SSSR count). The SMILES string of the molecule is C[C]1[CH][C](C)[C](C)[C](C)[C]1C.C[C]1[CH][C](C)[C](C)[C](C)[C]1C.[Cl][Ru+2].[Cl][Ru+2].[S-][Sb]([Cl])[Cl].[S-][Sb]([Cl])[Cl]. The third-order valence-corrected chi connectivity index (χ3v) is 5.48. The topological polar surface area (TPSA) is 0 Å². The summed E-state index contributed by atoms with van der Waals surface area (Å²) in [5.74, 6) is 14.3. The van der Waals surface area contributed by atoms with E-state index in [2.05, 4.69) is 121 Å². The van der Waals surface area contributed by atoms with Gasteiger partial charge < -0.3 is 0 Å². The molecule has 0 heterocycles. The van der Waals surface area contributed by atoms with Crippen LogP contribution in [-0.2, 0) is 54.1 Å². The zero-order chi connectivity index (χ0) is 28.3. The van der Waals surface area contributed by atoms with Crippen molar-refractivity contribution < 1.29 is 34.6 Å². The maximum absolute atomic E-state index is 5.04. The van der Waals surface area contributed by atoms with Gasteiger partial charge in [-0.3, -0.25) is 0 Å². The van der Waals surface area contributed by atoms with Crippen molar-refractivity contribution in [2.45, 2.75) is 69.2 Å². The van der Waals surface area contributed by atoms with Gasteiger partial charge in [0.1, 0.15) is 0 Å². The first-order chi connectivity index (χ1) is 15.5. The number of rotatable bonds is 0. The van der Waals surface area contributed by atoms with Crippen LogP contribution in [0.2, 0.25) is 0 Å². The Hall–Kier alpha value is 5.32. The summed E-state index contributed by atoms with van der Waals surface area (Å²) in [6.07, 6.45) is 4.52. The quantitative estimate of drug-likeness (QED) is 0.175. The molecular weight excluding hydrogens is 987 g/mol. The minimum absolute atomic E-state index is 1.41. The van der Waals surface area contributed by atoms with Crippen LogP contribution in [0.1, 0.15) is 69.2 Å². The van der Waals surface area contributed by atoms with Gasteiger partial charge in [0.15, 0.2) is 0 Å². The van der Waals surface area contributed by atoms with E-state index < -0.39 is 33.0 Å². The molecule has 2 aliphatic rings. The van der Waals surface area contributed by atoms with E-state index in [0.717, 1.165) is 0 Å². The molecule has 0 amide bonds. The molecule has 12 heteroatoms. The van der Waals surface area contributed by atoms with Crippen LogP contribution in [0, 0.1) is 72.0 Å². The molecule has 12 radical (unpaired) electrons. The molecule has 2 aliphatic carbocycles. The van der Waals surface area contributed by atoms with Crippen molar-refractivity contribution >= 4 is 107 Å². The summed E-state index contributed by atoms with van der Waals surface area (Å²) in [5, 5.41) is 0. The molecule has 0 saturated heterocycles. The zero-order valence-electron chi connectivity index (χ0n) is 20.8. The van der Waals surface area contributed by atoms with Gasteiger partial charge in [-0.1, -0.05) is 69.2 Å². The van der Waals surface area contributed by atoms with E-state index in [1.807, 2.05) is 34.6 Å². The van der Waals surface area contributed by atoms with Crippen LogP contribution in [0.25, 0.3) is 0 Å². The van der Waals surface area contributed by atoms with Gasteiger partial charge in [-0.15, -0.1) is 0 Å². The second kappa shape index (κ2) is 28.4. The normalized spacial score (nSPS) is 20.6. The van der Waals surface area contributed by atoms with Crippen molar-refractivity contribution in [3.05, 3.63) is 72.0 Å². The molecule has 0 aromatic rings. The fourth-order valence-corrected chi connectivity index (χ4v) is 2.83. The van der Waals surface area contributed by atoms with Gasteiger partial charge in [0.25, 0.3) is 0 Å². The zero-order valence-corrected chi connectivity index (χ0v) is 35.6. The summed E-state index contributed by atoms with van der Waals surface area (Å²) < 4.78 is 0. The van der Waals surface area contributed by atoms with Crippen molar-refractivity contribution in [3.8, 4) is 0 Å². The predicted molar refractivity (Wildman–Crippen MR) is 159 cm³/mol. The fraction of sp³-hybridized carbons (Fsp3) is 0.455. The Morgan fingerprint density at radius 3 is 0.676 bits per heavy atom. The summed E-state index contributed by atoms with van der Waals surface area (Å²) in [6.45, 7) is 21.9. The fourth-order valence-electron chi connectivity index (χ4n) is 2.83. The first-order valence-electron chi connectivity index (χ1n) is 9.46. The van der Waals surface area contributed by atoms with E-state index in [0.29, 0.717) is 0 Å². The Labute approximate surface area is 278 Å². The van der Waals surface area contributed by atoms with E-state index in [1.54, 1.807) is 0 Å². The van der Waals surface area contributed by atoms with E-state index in [1.165, 1.54) is 59.2 Å². The molecule has 0 aromatic carbocycles. The van der Waals surface area contributed by atoms with Gasteiger partial charge in [0.2, 0.25) is 0 Å². The van der Waals surface area contributed by atoms with Crippen molar-refractivity contribution in [2.75, 3.05) is 0 Å². The number of hydrogen-bond donors (Lipinski definition) is 0. The summed E-state index contributed by atoms with van der Waals surface area (Å²) in [7, 11) is 38.0. The first-order valence-corrected chi connectivity index (χ1v) is 33.9. The maximum atomic E-state index is 5.04. The number of hydrogen-bond acceptors (Lipinski definition) is 2. The molecular formula is C22H32Cl6Ru2S2Sb2+2. The van der Waals surface area contributed by atoms with Gasteiger partial charge in [-0.05, 0) is 72.0 Å². The molecule has 0 nitrogen and oxygen atoms in total. The van der Waals surface area contributed by atoms with Crippen LogP contribution in [-0.4, -0.2) is 33.0 Å². The van der Waals surface area contributed by atoms with Crippen LogP contribution in [0.15, 0.2) is 0 Å². The Bertz CT molecular complexity index is 377. The van der Waals surface area contributed by atoms with Crippen LogP contribution in [0.5, 0.6) is 0 Å². The molecule has 0 spiro atoms. The van der Waals surface area contributed by atoms with Crippen molar-refractivity contribution in [2.24, 2.45) is 0 Å². The van der Waals surface area contributed by atoms with Crippen LogP contribution in [0.3, 0.4) is 0 Å². The van der Waals surface area contributed by atoms with Gasteiger partial charge in [0, 0.05) is 0 Å². The van der Waals surface area contributed by atoms with E-state index >= 15 is 0 Å². The molecule has 0 unspecified atom stereocenters. The second-order valence-corrected chi connectivity index (χ2v) is 31.1. The van der Waals surface area contributed by atoms with Crippen LogP contribution < -0.4 is 0 Å². The average Bonchev–Trinajstić information content (AvgIpc) is 2.76. The Balaban J connectivity index is -0.000000183. The molecule has 0 bridgehead atoms. The Kier molecular flexibility index (Phi) is 38.7. The van der Waals surface area contributed by atoms with Gasteiger partial charge in [-0.2, -0.15) is 0 Å². The Morgan fingerprint density at radius 2 is 0.559 bits per heavy atom. The first kappa shape index (κ1) is 46.3. The predicted octanol–water partition coefficient (Wildman–Crippen LogP) is 9.72. The van der Waals surface area contributed by atoms with Gasteiger partial charge in [-0.25, -0.2) is 0 Å². The third kappa shape index (κ3) is 24.0. The summed E-state index contributed by atoms with van der Waals surface area (Å²) in [4.78, 5) is 0. The van der Waals surface area contributed by atoms with Crippen molar-refractivity contribution in [3.63, 3.8) is 0 Å². The molecule has 34 heavy (non-hydrogen) atoms. The standard InChI is InChI=1S/2C11H16.6ClH.2Ru.2S.2Sb/c2*1-7-6-8(2)10(4)11(5)9(7)3;;;;;;;;;;;;/h2*6H,1-5H3;6*1H;;;;;;/q;;;;;;;;2*+3;2*-1;2*+2/p-6.